The van der Waals surface area contributed by atoms with Crippen molar-refractivity contribution >= 4 is 17.3 Å². The van der Waals surface area contributed by atoms with Gasteiger partial charge in [-0.2, -0.15) is 0 Å². The highest BCUT2D eigenvalue weighted by atomic mass is 35.5. The largest absolute Gasteiger partial charge is 0.399 e. The molecule has 20 heavy (non-hydrogen) atoms. The Balaban J connectivity index is 1.94. The van der Waals surface area contributed by atoms with E-state index >= 15 is 0 Å². The average Bonchev–Trinajstić information content (AvgIpc) is 2.87. The fraction of sp³-hybridized carbons (Fsp3) is 0.0625. The molecular formula is C16H14ClN3. The molecule has 3 aromatic rings. The molecular weight excluding hydrogens is 270 g/mol. The fourth-order valence-electron chi connectivity index (χ4n) is 2.21. The Bertz CT molecular complexity index is 734. The van der Waals surface area contributed by atoms with Gasteiger partial charge in [-0.1, -0.05) is 35.9 Å². The molecule has 0 aliphatic heterocycles. The second-order valence-corrected chi connectivity index (χ2v) is 5.07. The fourth-order valence-corrected chi connectivity index (χ4v) is 2.42. The number of nitrogens with zero attached hydrogens (tertiary/aromatic N) is 2. The first-order valence-electron chi connectivity index (χ1n) is 6.34. The topological polar surface area (TPSA) is 43.8 Å². The van der Waals surface area contributed by atoms with E-state index in [1.807, 2.05) is 48.7 Å². The third-order valence-electron chi connectivity index (χ3n) is 3.10. The summed E-state index contributed by atoms with van der Waals surface area (Å²) in [6.07, 6.45) is 3.75. The Labute approximate surface area is 122 Å². The van der Waals surface area contributed by atoms with Gasteiger partial charge >= 0.3 is 0 Å². The minimum atomic E-state index is 0.727. The lowest BCUT2D eigenvalue weighted by molar-refractivity contribution is 0.807. The Morgan fingerprint density at radius 1 is 1.10 bits per heavy atom. The molecule has 0 aliphatic carbocycles. The molecule has 100 valence electrons. The third kappa shape index (κ3) is 2.68. The summed E-state index contributed by atoms with van der Waals surface area (Å²) in [5, 5.41) is 0.744. The SMILES string of the molecule is Nc1cccc(-c2nccn2Cc2cccc(Cl)c2)c1. The number of rotatable bonds is 3. The monoisotopic (exact) mass is 283 g/mol. The van der Waals surface area contributed by atoms with Crippen LogP contribution in [-0.2, 0) is 6.54 Å². The van der Waals surface area contributed by atoms with Gasteiger partial charge in [0, 0.05) is 35.2 Å². The van der Waals surface area contributed by atoms with E-state index in [2.05, 4.69) is 15.6 Å². The Morgan fingerprint density at radius 3 is 2.75 bits per heavy atom. The van der Waals surface area contributed by atoms with Crippen LogP contribution in [0.2, 0.25) is 5.02 Å². The van der Waals surface area contributed by atoms with Gasteiger partial charge in [0.2, 0.25) is 0 Å². The van der Waals surface area contributed by atoms with Crippen molar-refractivity contribution in [2.75, 3.05) is 5.73 Å². The first-order chi connectivity index (χ1) is 9.72. The van der Waals surface area contributed by atoms with E-state index in [-0.39, 0.29) is 0 Å². The number of halogens is 1. The lowest BCUT2D eigenvalue weighted by Gasteiger charge is -2.09. The van der Waals surface area contributed by atoms with Crippen LogP contribution < -0.4 is 5.73 Å². The molecule has 0 saturated carbocycles. The number of imidazole rings is 1. The number of nitrogen functional groups attached to an aromatic ring is 1. The maximum absolute atomic E-state index is 6.02. The summed E-state index contributed by atoms with van der Waals surface area (Å²) in [7, 11) is 0. The second kappa shape index (κ2) is 5.39. The standard InChI is InChI=1S/C16H14ClN3/c17-14-5-1-3-12(9-14)11-20-8-7-19-16(20)13-4-2-6-15(18)10-13/h1-10H,11,18H2. The highest BCUT2D eigenvalue weighted by Crippen LogP contribution is 2.21. The number of nitrogens with two attached hydrogens (primary N) is 1. The summed E-state index contributed by atoms with van der Waals surface area (Å²) in [5.41, 5.74) is 8.72. The van der Waals surface area contributed by atoms with Gasteiger partial charge in [-0.05, 0) is 29.8 Å². The summed E-state index contributed by atoms with van der Waals surface area (Å²) < 4.78 is 2.08. The van der Waals surface area contributed by atoms with Crippen molar-refractivity contribution in [1.29, 1.82) is 0 Å². The zero-order chi connectivity index (χ0) is 13.9. The molecule has 0 amide bonds. The minimum absolute atomic E-state index is 0.727. The van der Waals surface area contributed by atoms with Crippen molar-refractivity contribution in [3.8, 4) is 11.4 Å². The molecule has 3 rings (SSSR count). The van der Waals surface area contributed by atoms with E-state index in [1.165, 1.54) is 0 Å². The van der Waals surface area contributed by atoms with Gasteiger partial charge in [-0.25, -0.2) is 4.98 Å². The molecule has 0 fully saturated rings. The van der Waals surface area contributed by atoms with Gasteiger partial charge < -0.3 is 10.3 Å². The van der Waals surface area contributed by atoms with Crippen molar-refractivity contribution in [1.82, 2.24) is 9.55 Å². The maximum atomic E-state index is 6.02. The van der Waals surface area contributed by atoms with E-state index in [1.54, 1.807) is 6.20 Å². The average molecular weight is 284 g/mol. The van der Waals surface area contributed by atoms with E-state index in [4.69, 9.17) is 17.3 Å². The molecule has 0 bridgehead atoms. The molecule has 4 heteroatoms. The summed E-state index contributed by atoms with van der Waals surface area (Å²) >= 11 is 6.02. The van der Waals surface area contributed by atoms with Crippen molar-refractivity contribution in [2.45, 2.75) is 6.54 Å². The first kappa shape index (κ1) is 12.8. The zero-order valence-corrected chi connectivity index (χ0v) is 11.6. The van der Waals surface area contributed by atoms with Crippen molar-refractivity contribution in [2.24, 2.45) is 0 Å². The molecule has 0 aliphatic rings. The summed E-state index contributed by atoms with van der Waals surface area (Å²) in [6.45, 7) is 0.727. The van der Waals surface area contributed by atoms with Crippen LogP contribution in [0.4, 0.5) is 5.69 Å². The number of hydrogen-bond acceptors (Lipinski definition) is 2. The van der Waals surface area contributed by atoms with Crippen LogP contribution in [0, 0.1) is 0 Å². The van der Waals surface area contributed by atoms with Crippen LogP contribution in [0.1, 0.15) is 5.56 Å². The van der Waals surface area contributed by atoms with Gasteiger partial charge in [-0.3, -0.25) is 0 Å². The summed E-state index contributed by atoms with van der Waals surface area (Å²) in [4.78, 5) is 4.42. The summed E-state index contributed by atoms with van der Waals surface area (Å²) in [6, 6.07) is 15.6. The summed E-state index contributed by atoms with van der Waals surface area (Å²) in [5.74, 6) is 0.900. The van der Waals surface area contributed by atoms with E-state index in [0.29, 0.717) is 0 Å². The van der Waals surface area contributed by atoms with E-state index in [9.17, 15) is 0 Å². The Kier molecular flexibility index (Phi) is 3.44. The predicted octanol–water partition coefficient (Wildman–Crippen LogP) is 3.83. The normalized spacial score (nSPS) is 10.7. The molecule has 2 N–H and O–H groups in total. The number of anilines is 1. The van der Waals surface area contributed by atoms with Crippen LogP contribution in [0.3, 0.4) is 0 Å². The van der Waals surface area contributed by atoms with E-state index < -0.39 is 0 Å². The van der Waals surface area contributed by atoms with Gasteiger partial charge in [0.15, 0.2) is 0 Å². The van der Waals surface area contributed by atoms with Crippen molar-refractivity contribution in [3.05, 3.63) is 71.5 Å². The highest BCUT2D eigenvalue weighted by Gasteiger charge is 2.07. The van der Waals surface area contributed by atoms with Crippen LogP contribution >= 0.6 is 11.6 Å². The van der Waals surface area contributed by atoms with Gasteiger partial charge in [0.1, 0.15) is 5.82 Å². The Morgan fingerprint density at radius 2 is 1.95 bits per heavy atom. The molecule has 0 unspecified atom stereocenters. The third-order valence-corrected chi connectivity index (χ3v) is 3.34. The molecule has 0 spiro atoms. The molecule has 0 atom stereocenters. The van der Waals surface area contributed by atoms with Gasteiger partial charge in [-0.15, -0.1) is 0 Å². The predicted molar refractivity (Wildman–Crippen MR) is 82.6 cm³/mol. The number of hydrogen-bond donors (Lipinski definition) is 1. The maximum Gasteiger partial charge on any atom is 0.140 e. The molecule has 3 nitrogen and oxygen atoms in total. The smallest absolute Gasteiger partial charge is 0.140 e. The lowest BCUT2D eigenvalue weighted by atomic mass is 10.2. The first-order valence-corrected chi connectivity index (χ1v) is 6.72. The van der Waals surface area contributed by atoms with Crippen LogP contribution in [0.5, 0.6) is 0 Å². The lowest BCUT2D eigenvalue weighted by Crippen LogP contribution is -2.01. The number of benzene rings is 2. The quantitative estimate of drug-likeness (QED) is 0.742. The zero-order valence-electron chi connectivity index (χ0n) is 10.8. The molecule has 0 radical (unpaired) electrons. The van der Waals surface area contributed by atoms with Crippen LogP contribution in [0.15, 0.2) is 60.9 Å². The van der Waals surface area contributed by atoms with Gasteiger partial charge in [0.05, 0.1) is 0 Å². The molecule has 1 aromatic heterocycles. The Hall–Kier alpha value is -2.26. The van der Waals surface area contributed by atoms with Crippen LogP contribution in [-0.4, -0.2) is 9.55 Å². The highest BCUT2D eigenvalue weighted by molar-refractivity contribution is 6.30. The van der Waals surface area contributed by atoms with Crippen molar-refractivity contribution < 1.29 is 0 Å². The van der Waals surface area contributed by atoms with Crippen molar-refractivity contribution in [3.63, 3.8) is 0 Å². The number of aromatic nitrogens is 2. The van der Waals surface area contributed by atoms with Crippen LogP contribution in [0.25, 0.3) is 11.4 Å². The second-order valence-electron chi connectivity index (χ2n) is 4.63. The molecule has 0 saturated heterocycles. The van der Waals surface area contributed by atoms with E-state index in [0.717, 1.165) is 34.2 Å². The molecule has 2 aromatic carbocycles. The minimum Gasteiger partial charge on any atom is -0.399 e. The molecule has 1 heterocycles. The van der Waals surface area contributed by atoms with Gasteiger partial charge in [0.25, 0.3) is 0 Å².